The quantitative estimate of drug-likeness (QED) is 0.794. The topological polar surface area (TPSA) is 38.5 Å². The Bertz CT molecular complexity index is 208. The molecule has 94 valence electrons. The second-order valence-electron chi connectivity index (χ2n) is 5.47. The number of nitrogens with two attached hydrogens (primary N) is 1. The van der Waals surface area contributed by atoms with E-state index in [2.05, 4.69) is 4.90 Å². The van der Waals surface area contributed by atoms with Gasteiger partial charge in [-0.2, -0.15) is 0 Å². The molecular weight excluding hydrogens is 200 g/mol. The smallest absolute Gasteiger partial charge is 0.0502 e. The van der Waals surface area contributed by atoms with Crippen LogP contribution in [0, 0.1) is 5.92 Å². The first kappa shape index (κ1) is 12.3. The van der Waals surface area contributed by atoms with E-state index in [1.54, 1.807) is 0 Å². The highest BCUT2D eigenvalue weighted by atomic mass is 16.5. The first-order chi connectivity index (χ1) is 7.81. The van der Waals surface area contributed by atoms with Crippen LogP contribution in [0.15, 0.2) is 0 Å². The molecule has 0 aromatic carbocycles. The Kier molecular flexibility index (Phi) is 4.62. The molecule has 1 saturated heterocycles. The van der Waals surface area contributed by atoms with Crippen molar-refractivity contribution in [3.8, 4) is 0 Å². The third kappa shape index (κ3) is 2.96. The number of methoxy groups -OCH3 is 1. The summed E-state index contributed by atoms with van der Waals surface area (Å²) in [5, 5.41) is 0. The summed E-state index contributed by atoms with van der Waals surface area (Å²) in [6, 6.07) is 1.06. The molecule has 1 aliphatic carbocycles. The largest absolute Gasteiger partial charge is 0.384 e. The third-order valence-electron chi connectivity index (χ3n) is 4.20. The Morgan fingerprint density at radius 3 is 2.75 bits per heavy atom. The van der Waals surface area contributed by atoms with Crippen LogP contribution in [0.4, 0.5) is 0 Å². The van der Waals surface area contributed by atoms with Gasteiger partial charge in [-0.05, 0) is 38.1 Å². The fourth-order valence-corrected chi connectivity index (χ4v) is 3.36. The summed E-state index contributed by atoms with van der Waals surface area (Å²) in [5.41, 5.74) is 6.26. The van der Waals surface area contributed by atoms with Crippen molar-refractivity contribution in [3.63, 3.8) is 0 Å². The van der Waals surface area contributed by atoms with Gasteiger partial charge < -0.3 is 10.5 Å². The van der Waals surface area contributed by atoms with E-state index in [1.807, 2.05) is 7.11 Å². The molecule has 3 heteroatoms. The van der Waals surface area contributed by atoms with E-state index in [1.165, 1.54) is 51.6 Å². The number of likely N-dealkylation sites (tertiary alicyclic amines) is 1. The van der Waals surface area contributed by atoms with Gasteiger partial charge in [0.05, 0.1) is 6.61 Å². The summed E-state index contributed by atoms with van der Waals surface area (Å²) < 4.78 is 5.29. The molecule has 0 bridgehead atoms. The zero-order valence-corrected chi connectivity index (χ0v) is 10.5. The van der Waals surface area contributed by atoms with Gasteiger partial charge in [-0.25, -0.2) is 0 Å². The van der Waals surface area contributed by atoms with E-state index in [0.29, 0.717) is 12.1 Å². The lowest BCUT2D eigenvalue weighted by Gasteiger charge is -2.42. The fourth-order valence-electron chi connectivity index (χ4n) is 3.36. The second kappa shape index (κ2) is 5.99. The molecule has 3 nitrogen and oxygen atoms in total. The fraction of sp³-hybridized carbons (Fsp3) is 1.00. The van der Waals surface area contributed by atoms with Crippen LogP contribution in [-0.2, 0) is 4.74 Å². The van der Waals surface area contributed by atoms with Crippen LogP contribution in [0.5, 0.6) is 0 Å². The minimum absolute atomic E-state index is 0.412. The molecule has 2 fully saturated rings. The highest BCUT2D eigenvalue weighted by Gasteiger charge is 2.30. The highest BCUT2D eigenvalue weighted by Crippen LogP contribution is 2.26. The predicted molar refractivity (Wildman–Crippen MR) is 66.4 cm³/mol. The first-order valence-corrected chi connectivity index (χ1v) is 6.80. The summed E-state index contributed by atoms with van der Waals surface area (Å²) in [4.78, 5) is 2.64. The summed E-state index contributed by atoms with van der Waals surface area (Å²) in [6.07, 6.45) is 7.86. The van der Waals surface area contributed by atoms with Crippen LogP contribution in [0.25, 0.3) is 0 Å². The molecule has 0 radical (unpaired) electrons. The Morgan fingerprint density at radius 1 is 1.19 bits per heavy atom. The lowest BCUT2D eigenvalue weighted by Crippen LogP contribution is -2.53. The maximum Gasteiger partial charge on any atom is 0.0502 e. The van der Waals surface area contributed by atoms with Crippen LogP contribution >= 0.6 is 0 Å². The van der Waals surface area contributed by atoms with Crippen molar-refractivity contribution in [1.29, 1.82) is 0 Å². The Labute approximate surface area is 99.3 Å². The van der Waals surface area contributed by atoms with Crippen molar-refractivity contribution in [2.45, 2.75) is 50.6 Å². The van der Waals surface area contributed by atoms with Gasteiger partial charge in [-0.3, -0.25) is 4.90 Å². The van der Waals surface area contributed by atoms with E-state index in [-0.39, 0.29) is 0 Å². The van der Waals surface area contributed by atoms with Crippen LogP contribution < -0.4 is 5.73 Å². The Morgan fingerprint density at radius 2 is 2.00 bits per heavy atom. The maximum absolute atomic E-state index is 6.26. The molecule has 3 atom stereocenters. The van der Waals surface area contributed by atoms with Crippen molar-refractivity contribution in [3.05, 3.63) is 0 Å². The van der Waals surface area contributed by atoms with Crippen molar-refractivity contribution in [1.82, 2.24) is 4.90 Å². The molecule has 2 aliphatic rings. The molecule has 16 heavy (non-hydrogen) atoms. The zero-order chi connectivity index (χ0) is 11.4. The normalized spacial score (nSPS) is 37.5. The van der Waals surface area contributed by atoms with Crippen molar-refractivity contribution in [2.75, 3.05) is 26.8 Å². The van der Waals surface area contributed by atoms with Crippen molar-refractivity contribution < 1.29 is 4.74 Å². The van der Waals surface area contributed by atoms with Crippen LogP contribution in [0.1, 0.15) is 38.5 Å². The van der Waals surface area contributed by atoms with E-state index in [9.17, 15) is 0 Å². The van der Waals surface area contributed by atoms with Gasteiger partial charge >= 0.3 is 0 Å². The van der Waals surface area contributed by atoms with Gasteiger partial charge in [0.2, 0.25) is 0 Å². The standard InChI is InChI=1S/C13H26N2O/c1-16-10-11-5-4-8-15(9-11)13-7-3-2-6-12(13)14/h11-13H,2-10,14H2,1H3. The third-order valence-corrected chi connectivity index (χ3v) is 4.20. The SMILES string of the molecule is COCC1CCCN(C2CCCCC2N)C1. The molecule has 1 saturated carbocycles. The summed E-state index contributed by atoms with van der Waals surface area (Å²) in [6.45, 7) is 3.36. The Balaban J connectivity index is 1.87. The molecule has 0 amide bonds. The predicted octanol–water partition coefficient (Wildman–Crippen LogP) is 1.61. The highest BCUT2D eigenvalue weighted by molar-refractivity contribution is 4.88. The number of piperidine rings is 1. The number of nitrogens with zero attached hydrogens (tertiary/aromatic N) is 1. The van der Waals surface area contributed by atoms with Crippen LogP contribution in [-0.4, -0.2) is 43.8 Å². The van der Waals surface area contributed by atoms with E-state index >= 15 is 0 Å². The minimum atomic E-state index is 0.412. The zero-order valence-electron chi connectivity index (χ0n) is 10.5. The lowest BCUT2D eigenvalue weighted by atomic mass is 9.87. The second-order valence-corrected chi connectivity index (χ2v) is 5.47. The van der Waals surface area contributed by atoms with Gasteiger partial charge in [0.25, 0.3) is 0 Å². The number of rotatable bonds is 3. The molecule has 3 unspecified atom stereocenters. The Hall–Kier alpha value is -0.120. The molecule has 1 aliphatic heterocycles. The van der Waals surface area contributed by atoms with Gasteiger partial charge in [-0.15, -0.1) is 0 Å². The first-order valence-electron chi connectivity index (χ1n) is 6.80. The van der Waals surface area contributed by atoms with Gasteiger partial charge in [0.15, 0.2) is 0 Å². The summed E-state index contributed by atoms with van der Waals surface area (Å²) in [5.74, 6) is 0.730. The van der Waals surface area contributed by atoms with E-state index < -0.39 is 0 Å². The summed E-state index contributed by atoms with van der Waals surface area (Å²) >= 11 is 0. The number of ether oxygens (including phenoxy) is 1. The van der Waals surface area contributed by atoms with Crippen molar-refractivity contribution in [2.24, 2.45) is 11.7 Å². The molecular formula is C13H26N2O. The van der Waals surface area contributed by atoms with Crippen LogP contribution in [0.3, 0.4) is 0 Å². The van der Waals surface area contributed by atoms with E-state index in [0.717, 1.165) is 12.5 Å². The average molecular weight is 226 g/mol. The molecule has 0 aromatic rings. The molecule has 0 aromatic heterocycles. The van der Waals surface area contributed by atoms with Crippen LogP contribution in [0.2, 0.25) is 0 Å². The van der Waals surface area contributed by atoms with Gasteiger partial charge in [-0.1, -0.05) is 12.8 Å². The maximum atomic E-state index is 6.26. The molecule has 2 N–H and O–H groups in total. The lowest BCUT2D eigenvalue weighted by molar-refractivity contribution is 0.0501. The summed E-state index contributed by atoms with van der Waals surface area (Å²) in [7, 11) is 1.81. The number of hydrogen-bond acceptors (Lipinski definition) is 3. The van der Waals surface area contributed by atoms with E-state index in [4.69, 9.17) is 10.5 Å². The minimum Gasteiger partial charge on any atom is -0.384 e. The average Bonchev–Trinajstić information content (AvgIpc) is 2.30. The molecule has 2 rings (SSSR count). The molecule has 0 spiro atoms. The number of hydrogen-bond donors (Lipinski definition) is 1. The monoisotopic (exact) mass is 226 g/mol. The van der Waals surface area contributed by atoms with Gasteiger partial charge in [0, 0.05) is 25.7 Å². The van der Waals surface area contributed by atoms with Gasteiger partial charge in [0.1, 0.15) is 0 Å². The molecule has 1 heterocycles. The van der Waals surface area contributed by atoms with Crippen molar-refractivity contribution >= 4 is 0 Å².